The second-order valence-electron chi connectivity index (χ2n) is 6.01. The molecular formula is C15H18FN3. The third-order valence-electron chi connectivity index (χ3n) is 4.74. The lowest BCUT2D eigenvalue weighted by Gasteiger charge is -2.40. The zero-order valence-electron chi connectivity index (χ0n) is 10.9. The van der Waals surface area contributed by atoms with E-state index in [-0.39, 0.29) is 11.2 Å². The van der Waals surface area contributed by atoms with Crippen LogP contribution in [0.3, 0.4) is 0 Å². The topological polar surface area (TPSA) is 43.8 Å². The number of aromatic nitrogens is 2. The summed E-state index contributed by atoms with van der Waals surface area (Å²) in [6.07, 6.45) is 5.86. The Morgan fingerprint density at radius 1 is 1.37 bits per heavy atom. The first-order valence-corrected chi connectivity index (χ1v) is 7.12. The third kappa shape index (κ3) is 1.56. The summed E-state index contributed by atoms with van der Waals surface area (Å²) in [5.41, 5.74) is 7.90. The van der Waals surface area contributed by atoms with E-state index >= 15 is 0 Å². The number of hydrogen-bond acceptors (Lipinski definition) is 2. The normalized spacial score (nSPS) is 21.6. The van der Waals surface area contributed by atoms with E-state index < -0.39 is 0 Å². The molecule has 0 spiro atoms. The molecule has 0 unspecified atom stereocenters. The minimum Gasteiger partial charge on any atom is -0.329 e. The van der Waals surface area contributed by atoms with Gasteiger partial charge in [-0.2, -0.15) is 0 Å². The van der Waals surface area contributed by atoms with E-state index in [1.807, 2.05) is 6.07 Å². The zero-order valence-corrected chi connectivity index (χ0v) is 10.9. The number of nitrogens with zero attached hydrogens (tertiary/aromatic N) is 2. The zero-order chi connectivity index (χ0) is 13.0. The molecule has 0 bridgehead atoms. The van der Waals surface area contributed by atoms with Gasteiger partial charge in [0.05, 0.1) is 11.0 Å². The number of nitrogens with two attached hydrogens (primary N) is 1. The molecule has 3 nitrogen and oxygen atoms in total. The first-order chi connectivity index (χ1) is 9.23. The Kier molecular flexibility index (Phi) is 2.28. The van der Waals surface area contributed by atoms with Gasteiger partial charge in [0.25, 0.3) is 0 Å². The lowest BCUT2D eigenvalue weighted by molar-refractivity contribution is 0.231. The van der Waals surface area contributed by atoms with Gasteiger partial charge in [-0.3, -0.25) is 0 Å². The standard InChI is InChI=1S/C15H18FN3/c16-10-2-5-13-12(8-10)18-14(19(13)11-3-4-11)15(9-17)6-1-7-15/h2,5,8,11H,1,3-4,6-7,9,17H2. The van der Waals surface area contributed by atoms with Gasteiger partial charge in [-0.1, -0.05) is 6.42 Å². The van der Waals surface area contributed by atoms with Crippen LogP contribution in [0.4, 0.5) is 4.39 Å². The highest BCUT2D eigenvalue weighted by Gasteiger charge is 2.43. The Morgan fingerprint density at radius 3 is 2.74 bits per heavy atom. The molecule has 2 aliphatic carbocycles. The predicted octanol–water partition coefficient (Wildman–Crippen LogP) is 2.89. The molecule has 2 aromatic rings. The molecule has 0 aliphatic heterocycles. The number of imidazole rings is 1. The Hall–Kier alpha value is -1.42. The summed E-state index contributed by atoms with van der Waals surface area (Å²) in [5, 5.41) is 0. The first-order valence-electron chi connectivity index (χ1n) is 7.12. The van der Waals surface area contributed by atoms with Crippen molar-refractivity contribution in [2.24, 2.45) is 5.73 Å². The van der Waals surface area contributed by atoms with Crippen LogP contribution in [-0.4, -0.2) is 16.1 Å². The minimum absolute atomic E-state index is 0.0398. The molecular weight excluding hydrogens is 241 g/mol. The molecule has 2 aliphatic rings. The molecule has 1 heterocycles. The highest BCUT2D eigenvalue weighted by atomic mass is 19.1. The van der Waals surface area contributed by atoms with Crippen LogP contribution in [0.2, 0.25) is 0 Å². The van der Waals surface area contributed by atoms with Crippen LogP contribution in [0.1, 0.15) is 44.0 Å². The van der Waals surface area contributed by atoms with Crippen molar-refractivity contribution in [1.29, 1.82) is 0 Å². The van der Waals surface area contributed by atoms with Crippen LogP contribution in [0.5, 0.6) is 0 Å². The van der Waals surface area contributed by atoms with E-state index in [1.165, 1.54) is 25.3 Å². The smallest absolute Gasteiger partial charge is 0.125 e. The molecule has 1 aromatic heterocycles. The van der Waals surface area contributed by atoms with E-state index in [0.717, 1.165) is 29.7 Å². The monoisotopic (exact) mass is 259 g/mol. The number of rotatable bonds is 3. The van der Waals surface area contributed by atoms with Crippen molar-refractivity contribution in [2.45, 2.75) is 43.6 Å². The lowest BCUT2D eigenvalue weighted by atomic mass is 9.68. The Morgan fingerprint density at radius 2 is 2.16 bits per heavy atom. The number of halogens is 1. The second-order valence-corrected chi connectivity index (χ2v) is 6.01. The van der Waals surface area contributed by atoms with Crippen molar-refractivity contribution >= 4 is 11.0 Å². The Bertz CT molecular complexity index is 633. The van der Waals surface area contributed by atoms with Crippen molar-refractivity contribution in [3.8, 4) is 0 Å². The summed E-state index contributed by atoms with van der Waals surface area (Å²) >= 11 is 0. The predicted molar refractivity (Wildman–Crippen MR) is 72.5 cm³/mol. The summed E-state index contributed by atoms with van der Waals surface area (Å²) in [5.74, 6) is 0.888. The average molecular weight is 259 g/mol. The molecule has 2 saturated carbocycles. The van der Waals surface area contributed by atoms with E-state index in [9.17, 15) is 4.39 Å². The molecule has 19 heavy (non-hydrogen) atoms. The number of fused-ring (bicyclic) bond motifs is 1. The van der Waals surface area contributed by atoms with Crippen LogP contribution in [-0.2, 0) is 5.41 Å². The summed E-state index contributed by atoms with van der Waals surface area (Å²) in [6, 6.07) is 5.49. The lowest BCUT2D eigenvalue weighted by Crippen LogP contribution is -2.43. The molecule has 2 N–H and O–H groups in total. The molecule has 4 heteroatoms. The van der Waals surface area contributed by atoms with E-state index in [4.69, 9.17) is 10.7 Å². The van der Waals surface area contributed by atoms with Gasteiger partial charge in [-0.25, -0.2) is 9.37 Å². The third-order valence-corrected chi connectivity index (χ3v) is 4.74. The van der Waals surface area contributed by atoms with Gasteiger partial charge in [0.2, 0.25) is 0 Å². The maximum Gasteiger partial charge on any atom is 0.125 e. The maximum atomic E-state index is 13.4. The molecule has 0 amide bonds. The van der Waals surface area contributed by atoms with Crippen molar-refractivity contribution in [2.75, 3.05) is 6.54 Å². The van der Waals surface area contributed by atoms with Crippen molar-refractivity contribution in [1.82, 2.24) is 9.55 Å². The highest BCUT2D eigenvalue weighted by molar-refractivity contribution is 5.77. The van der Waals surface area contributed by atoms with Gasteiger partial charge in [0.15, 0.2) is 0 Å². The van der Waals surface area contributed by atoms with Crippen molar-refractivity contribution in [3.63, 3.8) is 0 Å². The Balaban J connectivity index is 1.96. The summed E-state index contributed by atoms with van der Waals surface area (Å²) in [4.78, 5) is 4.74. The average Bonchev–Trinajstić information content (AvgIpc) is 3.11. The quantitative estimate of drug-likeness (QED) is 0.921. The van der Waals surface area contributed by atoms with Crippen LogP contribution in [0.15, 0.2) is 18.2 Å². The molecule has 4 rings (SSSR count). The van der Waals surface area contributed by atoms with Crippen LogP contribution < -0.4 is 5.73 Å². The maximum absolute atomic E-state index is 13.4. The van der Waals surface area contributed by atoms with E-state index in [0.29, 0.717) is 12.6 Å². The van der Waals surface area contributed by atoms with Gasteiger partial charge < -0.3 is 10.3 Å². The van der Waals surface area contributed by atoms with Crippen LogP contribution in [0, 0.1) is 5.82 Å². The summed E-state index contributed by atoms with van der Waals surface area (Å²) in [7, 11) is 0. The van der Waals surface area contributed by atoms with Gasteiger partial charge in [0, 0.05) is 24.1 Å². The van der Waals surface area contributed by atoms with E-state index in [1.54, 1.807) is 6.07 Å². The molecule has 2 fully saturated rings. The van der Waals surface area contributed by atoms with Gasteiger partial charge in [0.1, 0.15) is 11.6 Å². The van der Waals surface area contributed by atoms with Gasteiger partial charge in [-0.15, -0.1) is 0 Å². The van der Waals surface area contributed by atoms with Crippen LogP contribution >= 0.6 is 0 Å². The van der Waals surface area contributed by atoms with Gasteiger partial charge in [-0.05, 0) is 37.8 Å². The second kappa shape index (κ2) is 3.79. The molecule has 100 valence electrons. The fourth-order valence-electron chi connectivity index (χ4n) is 3.27. The molecule has 0 radical (unpaired) electrons. The highest BCUT2D eigenvalue weighted by Crippen LogP contribution is 2.47. The molecule has 0 saturated heterocycles. The fraction of sp³-hybridized carbons (Fsp3) is 0.533. The van der Waals surface area contributed by atoms with Gasteiger partial charge >= 0.3 is 0 Å². The number of benzene rings is 1. The molecule has 0 atom stereocenters. The SMILES string of the molecule is NCC1(c2nc3cc(F)ccc3n2C2CC2)CCC1. The summed E-state index contributed by atoms with van der Waals surface area (Å²) < 4.78 is 15.7. The Labute approximate surface area is 111 Å². The largest absolute Gasteiger partial charge is 0.329 e. The van der Waals surface area contributed by atoms with Crippen LogP contribution in [0.25, 0.3) is 11.0 Å². The summed E-state index contributed by atoms with van der Waals surface area (Å²) in [6.45, 7) is 0.644. The molecule has 1 aromatic carbocycles. The van der Waals surface area contributed by atoms with E-state index in [2.05, 4.69) is 4.57 Å². The van der Waals surface area contributed by atoms with Crippen molar-refractivity contribution in [3.05, 3.63) is 29.8 Å². The number of hydrogen-bond donors (Lipinski definition) is 1. The first kappa shape index (κ1) is 11.4. The minimum atomic E-state index is -0.213. The fourth-order valence-corrected chi connectivity index (χ4v) is 3.27. The van der Waals surface area contributed by atoms with Crippen molar-refractivity contribution < 1.29 is 4.39 Å².